The lowest BCUT2D eigenvalue weighted by atomic mass is 10.2. The van der Waals surface area contributed by atoms with Crippen molar-refractivity contribution in [1.29, 1.82) is 0 Å². The number of nitrogens with one attached hydrogen (secondary N) is 1. The summed E-state index contributed by atoms with van der Waals surface area (Å²) < 4.78 is 26.0. The summed E-state index contributed by atoms with van der Waals surface area (Å²) in [5, 5.41) is 0. The van der Waals surface area contributed by atoms with Crippen LogP contribution in [0.5, 0.6) is 0 Å². The molecule has 1 atom stereocenters. The monoisotopic (exact) mass is 241 g/mol. The molecule has 3 N–H and O–H groups in total. The first-order valence-corrected chi connectivity index (χ1v) is 6.73. The molecule has 1 heterocycles. The fourth-order valence-electron chi connectivity index (χ4n) is 1.49. The first-order chi connectivity index (χ1) is 7.59. The lowest BCUT2D eigenvalue weighted by Gasteiger charge is -2.11. The molecule has 0 bridgehead atoms. The molecule has 0 saturated heterocycles. The van der Waals surface area contributed by atoms with Crippen LogP contribution in [0.2, 0.25) is 0 Å². The van der Waals surface area contributed by atoms with Crippen molar-refractivity contribution in [3.63, 3.8) is 0 Å². The zero-order chi connectivity index (χ0) is 11.6. The third-order valence-electron chi connectivity index (χ3n) is 2.68. The van der Waals surface area contributed by atoms with Gasteiger partial charge in [-0.1, -0.05) is 0 Å². The highest BCUT2D eigenvalue weighted by molar-refractivity contribution is 7.89. The van der Waals surface area contributed by atoms with Gasteiger partial charge >= 0.3 is 0 Å². The van der Waals surface area contributed by atoms with E-state index in [1.807, 2.05) is 0 Å². The molecule has 0 aliphatic heterocycles. The van der Waals surface area contributed by atoms with Gasteiger partial charge in [0, 0.05) is 25.0 Å². The van der Waals surface area contributed by atoms with Crippen molar-refractivity contribution in [3.8, 4) is 0 Å². The Morgan fingerprint density at radius 2 is 2.31 bits per heavy atom. The van der Waals surface area contributed by atoms with Gasteiger partial charge in [-0.25, -0.2) is 13.1 Å². The second-order valence-electron chi connectivity index (χ2n) is 4.04. The molecule has 1 saturated carbocycles. The maximum Gasteiger partial charge on any atom is 0.242 e. The van der Waals surface area contributed by atoms with E-state index < -0.39 is 10.0 Å². The molecule has 6 heteroatoms. The zero-order valence-corrected chi connectivity index (χ0v) is 9.65. The van der Waals surface area contributed by atoms with E-state index in [0.717, 1.165) is 12.8 Å². The summed E-state index contributed by atoms with van der Waals surface area (Å²) in [5.74, 6) is 0.483. The van der Waals surface area contributed by atoms with Crippen molar-refractivity contribution in [1.82, 2.24) is 9.71 Å². The Balaban J connectivity index is 1.97. The summed E-state index contributed by atoms with van der Waals surface area (Å²) in [6.45, 7) is 0.294. The molecule has 0 amide bonds. The number of nitrogens with two attached hydrogens (primary N) is 1. The summed E-state index contributed by atoms with van der Waals surface area (Å²) in [6, 6.07) is 3.03. The highest BCUT2D eigenvalue weighted by atomic mass is 32.2. The quantitative estimate of drug-likeness (QED) is 0.765. The van der Waals surface area contributed by atoms with Crippen LogP contribution in [-0.4, -0.2) is 26.0 Å². The van der Waals surface area contributed by atoms with E-state index in [1.54, 1.807) is 6.07 Å². The molecule has 1 aromatic rings. The van der Waals surface area contributed by atoms with Crippen LogP contribution in [0.25, 0.3) is 0 Å². The molecule has 16 heavy (non-hydrogen) atoms. The van der Waals surface area contributed by atoms with Gasteiger partial charge in [-0.3, -0.25) is 4.98 Å². The van der Waals surface area contributed by atoms with E-state index >= 15 is 0 Å². The fraction of sp³-hybridized carbons (Fsp3) is 0.500. The van der Waals surface area contributed by atoms with E-state index in [9.17, 15) is 8.42 Å². The minimum absolute atomic E-state index is 0.0774. The first kappa shape index (κ1) is 11.5. The van der Waals surface area contributed by atoms with Crippen molar-refractivity contribution >= 4 is 10.0 Å². The lowest BCUT2D eigenvalue weighted by Crippen LogP contribution is -2.38. The van der Waals surface area contributed by atoms with Crippen molar-refractivity contribution in [2.45, 2.75) is 23.8 Å². The minimum atomic E-state index is -3.45. The Morgan fingerprint density at radius 1 is 1.56 bits per heavy atom. The molecule has 1 aliphatic rings. The Kier molecular flexibility index (Phi) is 3.22. The smallest absolute Gasteiger partial charge is 0.242 e. The summed E-state index contributed by atoms with van der Waals surface area (Å²) in [6.07, 6.45) is 5.07. The molecule has 88 valence electrons. The van der Waals surface area contributed by atoms with Gasteiger partial charge in [0.1, 0.15) is 4.90 Å². The minimum Gasteiger partial charge on any atom is -0.326 e. The van der Waals surface area contributed by atoms with E-state index in [-0.39, 0.29) is 10.9 Å². The average Bonchev–Trinajstić information content (AvgIpc) is 3.11. The fourth-order valence-corrected chi connectivity index (χ4v) is 2.52. The van der Waals surface area contributed by atoms with Gasteiger partial charge in [0.05, 0.1) is 0 Å². The van der Waals surface area contributed by atoms with Crippen molar-refractivity contribution < 1.29 is 8.42 Å². The Morgan fingerprint density at radius 3 is 2.88 bits per heavy atom. The number of hydrogen-bond acceptors (Lipinski definition) is 4. The summed E-state index contributed by atoms with van der Waals surface area (Å²) in [5.41, 5.74) is 5.82. The standard InChI is InChI=1S/C10H15N3O2S/c11-10(8-3-4-8)7-13-16(14,15)9-2-1-5-12-6-9/h1-2,5-6,8,10,13H,3-4,7,11H2. The lowest BCUT2D eigenvalue weighted by molar-refractivity contribution is 0.547. The normalized spacial score (nSPS) is 18.3. The third-order valence-corrected chi connectivity index (χ3v) is 4.09. The second kappa shape index (κ2) is 4.48. The largest absolute Gasteiger partial charge is 0.326 e. The number of aromatic nitrogens is 1. The Labute approximate surface area is 95.1 Å². The Bertz CT molecular complexity index is 442. The molecular weight excluding hydrogens is 226 g/mol. The van der Waals surface area contributed by atoms with Gasteiger partial charge in [0.2, 0.25) is 10.0 Å². The maximum absolute atomic E-state index is 11.8. The van der Waals surface area contributed by atoms with E-state index in [2.05, 4.69) is 9.71 Å². The average molecular weight is 241 g/mol. The van der Waals surface area contributed by atoms with E-state index in [4.69, 9.17) is 5.73 Å². The topological polar surface area (TPSA) is 85.1 Å². The van der Waals surface area contributed by atoms with Crippen LogP contribution < -0.4 is 10.5 Å². The zero-order valence-electron chi connectivity index (χ0n) is 8.83. The van der Waals surface area contributed by atoms with E-state index in [0.29, 0.717) is 12.5 Å². The molecule has 1 unspecified atom stereocenters. The van der Waals surface area contributed by atoms with Crippen LogP contribution in [-0.2, 0) is 10.0 Å². The molecule has 0 radical (unpaired) electrons. The third kappa shape index (κ3) is 2.78. The number of nitrogens with zero attached hydrogens (tertiary/aromatic N) is 1. The van der Waals surface area contributed by atoms with Gasteiger partial charge in [-0.2, -0.15) is 0 Å². The molecule has 2 rings (SSSR count). The molecular formula is C10H15N3O2S. The highest BCUT2D eigenvalue weighted by Crippen LogP contribution is 2.31. The van der Waals surface area contributed by atoms with Gasteiger partial charge in [-0.05, 0) is 30.9 Å². The highest BCUT2D eigenvalue weighted by Gasteiger charge is 2.29. The van der Waals surface area contributed by atoms with Crippen LogP contribution in [0.1, 0.15) is 12.8 Å². The van der Waals surface area contributed by atoms with Crippen molar-refractivity contribution in [2.75, 3.05) is 6.54 Å². The predicted octanol–water partition coefficient (Wildman–Crippen LogP) is 0.0972. The van der Waals surface area contributed by atoms with Crippen molar-refractivity contribution in [3.05, 3.63) is 24.5 Å². The summed E-state index contributed by atoms with van der Waals surface area (Å²) in [4.78, 5) is 3.95. The molecule has 1 fully saturated rings. The van der Waals surface area contributed by atoms with Crippen LogP contribution in [0.4, 0.5) is 0 Å². The summed E-state index contributed by atoms with van der Waals surface area (Å²) >= 11 is 0. The SMILES string of the molecule is NC(CNS(=O)(=O)c1cccnc1)C1CC1. The first-order valence-electron chi connectivity index (χ1n) is 5.25. The number of pyridine rings is 1. The molecule has 0 spiro atoms. The molecule has 5 nitrogen and oxygen atoms in total. The van der Waals surface area contributed by atoms with Gasteiger partial charge in [0.15, 0.2) is 0 Å². The molecule has 1 aliphatic carbocycles. The van der Waals surface area contributed by atoms with Crippen LogP contribution in [0.15, 0.2) is 29.4 Å². The predicted molar refractivity (Wildman–Crippen MR) is 60.1 cm³/mol. The van der Waals surface area contributed by atoms with Gasteiger partial charge < -0.3 is 5.73 Å². The number of rotatable bonds is 5. The number of sulfonamides is 1. The maximum atomic E-state index is 11.8. The van der Waals surface area contributed by atoms with Crippen molar-refractivity contribution in [2.24, 2.45) is 11.7 Å². The number of hydrogen-bond donors (Lipinski definition) is 2. The van der Waals surface area contributed by atoms with Crippen LogP contribution in [0, 0.1) is 5.92 Å². The molecule has 1 aromatic heterocycles. The van der Waals surface area contributed by atoms with Crippen LogP contribution in [0.3, 0.4) is 0 Å². The summed E-state index contributed by atoms with van der Waals surface area (Å²) in [7, 11) is -3.45. The van der Waals surface area contributed by atoms with E-state index in [1.165, 1.54) is 18.5 Å². The second-order valence-corrected chi connectivity index (χ2v) is 5.81. The Hall–Kier alpha value is -0.980. The van der Waals surface area contributed by atoms with Crippen LogP contribution >= 0.6 is 0 Å². The van der Waals surface area contributed by atoms with Gasteiger partial charge in [-0.15, -0.1) is 0 Å². The van der Waals surface area contributed by atoms with Gasteiger partial charge in [0.25, 0.3) is 0 Å². The molecule has 0 aromatic carbocycles.